The SMILES string of the molecule is CC(CCN(C)C)Nc1ccc(C(F)(F)F)nn1. The average molecular weight is 262 g/mol. The Morgan fingerprint density at radius 3 is 2.39 bits per heavy atom. The smallest absolute Gasteiger partial charge is 0.366 e. The normalized spacial score (nSPS) is 13.7. The lowest BCUT2D eigenvalue weighted by atomic mass is 10.2. The number of alkyl halides is 3. The Morgan fingerprint density at radius 1 is 1.28 bits per heavy atom. The molecule has 0 radical (unpaired) electrons. The molecule has 0 aliphatic heterocycles. The molecule has 0 amide bonds. The van der Waals surface area contributed by atoms with Crippen LogP contribution >= 0.6 is 0 Å². The van der Waals surface area contributed by atoms with Gasteiger partial charge in [0.1, 0.15) is 5.82 Å². The zero-order valence-corrected chi connectivity index (χ0v) is 10.6. The van der Waals surface area contributed by atoms with E-state index in [2.05, 4.69) is 15.5 Å². The summed E-state index contributed by atoms with van der Waals surface area (Å²) in [6.45, 7) is 2.84. The van der Waals surface area contributed by atoms with Crippen molar-refractivity contribution in [3.05, 3.63) is 17.8 Å². The van der Waals surface area contributed by atoms with Crippen LogP contribution in [0.2, 0.25) is 0 Å². The number of aromatic nitrogens is 2. The van der Waals surface area contributed by atoms with E-state index < -0.39 is 11.9 Å². The van der Waals surface area contributed by atoms with Gasteiger partial charge in [-0.2, -0.15) is 13.2 Å². The van der Waals surface area contributed by atoms with E-state index in [0.717, 1.165) is 19.0 Å². The van der Waals surface area contributed by atoms with Crippen molar-refractivity contribution in [3.8, 4) is 0 Å². The highest BCUT2D eigenvalue weighted by molar-refractivity contribution is 5.34. The van der Waals surface area contributed by atoms with Crippen molar-refractivity contribution in [2.45, 2.75) is 25.6 Å². The lowest BCUT2D eigenvalue weighted by Gasteiger charge is -2.17. The molecule has 1 rings (SSSR count). The molecule has 1 atom stereocenters. The molecule has 1 unspecified atom stereocenters. The number of nitrogens with zero attached hydrogens (tertiary/aromatic N) is 3. The number of rotatable bonds is 5. The Balaban J connectivity index is 2.53. The van der Waals surface area contributed by atoms with Crippen molar-refractivity contribution >= 4 is 5.82 Å². The largest absolute Gasteiger partial charge is 0.435 e. The maximum atomic E-state index is 12.3. The van der Waals surface area contributed by atoms with Crippen LogP contribution in [0.1, 0.15) is 19.0 Å². The Hall–Kier alpha value is -1.37. The first-order valence-electron chi connectivity index (χ1n) is 5.61. The van der Waals surface area contributed by atoms with Gasteiger partial charge >= 0.3 is 6.18 Å². The topological polar surface area (TPSA) is 41.0 Å². The first-order valence-corrected chi connectivity index (χ1v) is 5.61. The second-order valence-corrected chi connectivity index (χ2v) is 4.44. The highest BCUT2D eigenvalue weighted by Gasteiger charge is 2.32. The van der Waals surface area contributed by atoms with E-state index in [-0.39, 0.29) is 6.04 Å². The van der Waals surface area contributed by atoms with Crippen LogP contribution in [0.5, 0.6) is 0 Å². The standard InChI is InChI=1S/C11H17F3N4/c1-8(6-7-18(2)3)15-10-5-4-9(16-17-10)11(12,13)14/h4-5,8H,6-7H2,1-3H3,(H,15,17). The minimum atomic E-state index is -4.44. The lowest BCUT2D eigenvalue weighted by Crippen LogP contribution is -2.23. The van der Waals surface area contributed by atoms with Crippen LogP contribution in [0.3, 0.4) is 0 Å². The minimum Gasteiger partial charge on any atom is -0.366 e. The summed E-state index contributed by atoms with van der Waals surface area (Å²) in [4.78, 5) is 2.04. The molecule has 7 heteroatoms. The molecule has 0 fully saturated rings. The van der Waals surface area contributed by atoms with E-state index in [1.54, 1.807) is 0 Å². The molecule has 18 heavy (non-hydrogen) atoms. The summed E-state index contributed by atoms with van der Waals surface area (Å²) in [6.07, 6.45) is -3.57. The average Bonchev–Trinajstić information content (AvgIpc) is 2.26. The van der Waals surface area contributed by atoms with Crippen LogP contribution in [-0.2, 0) is 6.18 Å². The van der Waals surface area contributed by atoms with Crippen LogP contribution in [0.4, 0.5) is 19.0 Å². The van der Waals surface area contributed by atoms with Gasteiger partial charge in [-0.15, -0.1) is 10.2 Å². The van der Waals surface area contributed by atoms with E-state index in [1.807, 2.05) is 25.9 Å². The lowest BCUT2D eigenvalue weighted by molar-refractivity contribution is -0.141. The van der Waals surface area contributed by atoms with Gasteiger partial charge in [0.15, 0.2) is 5.69 Å². The van der Waals surface area contributed by atoms with Gasteiger partial charge in [-0.3, -0.25) is 0 Å². The van der Waals surface area contributed by atoms with Crippen LogP contribution in [0, 0.1) is 0 Å². The van der Waals surface area contributed by atoms with Crippen LogP contribution in [-0.4, -0.2) is 41.8 Å². The third-order valence-electron chi connectivity index (χ3n) is 2.36. The van der Waals surface area contributed by atoms with Crippen molar-refractivity contribution in [1.82, 2.24) is 15.1 Å². The Morgan fingerprint density at radius 2 is 1.94 bits per heavy atom. The van der Waals surface area contributed by atoms with Gasteiger partial charge in [-0.25, -0.2) is 0 Å². The summed E-state index contributed by atoms with van der Waals surface area (Å²) >= 11 is 0. The van der Waals surface area contributed by atoms with Gasteiger partial charge in [-0.05, 0) is 46.1 Å². The van der Waals surface area contributed by atoms with Crippen LogP contribution < -0.4 is 5.32 Å². The molecular formula is C11H17F3N4. The monoisotopic (exact) mass is 262 g/mol. The summed E-state index contributed by atoms with van der Waals surface area (Å²) in [7, 11) is 3.93. The maximum absolute atomic E-state index is 12.3. The summed E-state index contributed by atoms with van der Waals surface area (Å²) in [5.74, 6) is 0.356. The fourth-order valence-corrected chi connectivity index (χ4v) is 1.34. The fourth-order valence-electron chi connectivity index (χ4n) is 1.34. The second-order valence-electron chi connectivity index (χ2n) is 4.44. The fraction of sp³-hybridized carbons (Fsp3) is 0.636. The van der Waals surface area contributed by atoms with Crippen molar-refractivity contribution in [1.29, 1.82) is 0 Å². The molecule has 0 aliphatic rings. The van der Waals surface area contributed by atoms with Gasteiger partial charge in [0.2, 0.25) is 0 Å². The molecule has 0 saturated carbocycles. The van der Waals surface area contributed by atoms with E-state index in [1.165, 1.54) is 6.07 Å². The Bertz CT molecular complexity index is 362. The molecule has 0 aliphatic carbocycles. The van der Waals surface area contributed by atoms with Gasteiger partial charge in [0.25, 0.3) is 0 Å². The van der Waals surface area contributed by atoms with Crippen LogP contribution in [0.15, 0.2) is 12.1 Å². The molecule has 1 N–H and O–H groups in total. The highest BCUT2D eigenvalue weighted by atomic mass is 19.4. The molecule has 4 nitrogen and oxygen atoms in total. The Kier molecular flexibility index (Phi) is 4.89. The first kappa shape index (κ1) is 14.7. The molecule has 0 saturated heterocycles. The van der Waals surface area contributed by atoms with Crippen molar-refractivity contribution in [2.75, 3.05) is 26.0 Å². The van der Waals surface area contributed by atoms with Gasteiger partial charge in [0.05, 0.1) is 0 Å². The predicted molar refractivity (Wildman–Crippen MR) is 63.3 cm³/mol. The Labute approximate surface area is 104 Å². The van der Waals surface area contributed by atoms with Crippen LogP contribution in [0.25, 0.3) is 0 Å². The highest BCUT2D eigenvalue weighted by Crippen LogP contribution is 2.27. The number of hydrogen-bond donors (Lipinski definition) is 1. The van der Waals surface area contributed by atoms with E-state index in [9.17, 15) is 13.2 Å². The quantitative estimate of drug-likeness (QED) is 0.883. The van der Waals surface area contributed by atoms with E-state index in [4.69, 9.17) is 0 Å². The summed E-state index contributed by atoms with van der Waals surface area (Å²) < 4.78 is 36.8. The molecule has 1 heterocycles. The number of anilines is 1. The summed E-state index contributed by atoms with van der Waals surface area (Å²) in [5.41, 5.74) is -0.978. The third-order valence-corrected chi connectivity index (χ3v) is 2.36. The molecule has 0 spiro atoms. The third kappa shape index (κ3) is 4.87. The molecule has 102 valence electrons. The zero-order valence-electron chi connectivity index (χ0n) is 10.6. The zero-order chi connectivity index (χ0) is 13.8. The number of halogens is 3. The first-order chi connectivity index (χ1) is 8.29. The number of hydrogen-bond acceptors (Lipinski definition) is 4. The molecular weight excluding hydrogens is 245 g/mol. The molecule has 1 aromatic rings. The van der Waals surface area contributed by atoms with Gasteiger partial charge in [-0.1, -0.05) is 0 Å². The van der Waals surface area contributed by atoms with Gasteiger partial charge in [0, 0.05) is 6.04 Å². The second kappa shape index (κ2) is 5.99. The summed E-state index contributed by atoms with van der Waals surface area (Å²) in [5, 5.41) is 9.68. The predicted octanol–water partition coefficient (Wildman–Crippen LogP) is 2.25. The number of nitrogens with one attached hydrogen (secondary N) is 1. The van der Waals surface area contributed by atoms with E-state index in [0.29, 0.717) is 5.82 Å². The molecule has 1 aromatic heterocycles. The van der Waals surface area contributed by atoms with Crippen molar-refractivity contribution in [3.63, 3.8) is 0 Å². The maximum Gasteiger partial charge on any atom is 0.435 e. The molecule has 0 aromatic carbocycles. The van der Waals surface area contributed by atoms with Crippen molar-refractivity contribution < 1.29 is 13.2 Å². The van der Waals surface area contributed by atoms with E-state index >= 15 is 0 Å². The minimum absolute atomic E-state index is 0.124. The van der Waals surface area contributed by atoms with Gasteiger partial charge < -0.3 is 10.2 Å². The summed E-state index contributed by atoms with van der Waals surface area (Å²) in [6, 6.07) is 2.34. The molecule has 0 bridgehead atoms. The van der Waals surface area contributed by atoms with Crippen molar-refractivity contribution in [2.24, 2.45) is 0 Å².